The maximum Gasteiger partial charge on any atom is 0.323 e. The lowest BCUT2D eigenvalue weighted by Gasteiger charge is -2.32. The zero-order valence-electron chi connectivity index (χ0n) is 17.2. The van der Waals surface area contributed by atoms with E-state index in [1.54, 1.807) is 12.3 Å². The van der Waals surface area contributed by atoms with Gasteiger partial charge in [0.1, 0.15) is 22.3 Å². The van der Waals surface area contributed by atoms with E-state index < -0.39 is 18.4 Å². The van der Waals surface area contributed by atoms with E-state index in [4.69, 9.17) is 22.3 Å². The van der Waals surface area contributed by atoms with Crippen LogP contribution in [0.4, 0.5) is 5.82 Å². The molecule has 0 aromatic carbocycles. The summed E-state index contributed by atoms with van der Waals surface area (Å²) in [5.74, 6) is -0.502. The number of nitrogens with zero attached hydrogens (tertiary/aromatic N) is 4. The van der Waals surface area contributed by atoms with E-state index in [1.165, 1.54) is 10.5 Å². The van der Waals surface area contributed by atoms with Gasteiger partial charge in [0.05, 0.1) is 10.5 Å². The van der Waals surface area contributed by atoms with E-state index in [2.05, 4.69) is 11.8 Å². The van der Waals surface area contributed by atoms with Gasteiger partial charge in [-0.3, -0.25) is 23.7 Å². The van der Waals surface area contributed by atoms with Crippen molar-refractivity contribution in [1.29, 1.82) is 0 Å². The number of hydrogen-bond acceptors (Lipinski definition) is 7. The fourth-order valence-electron chi connectivity index (χ4n) is 3.79. The number of carboxylic acids is 1. The predicted octanol–water partition coefficient (Wildman–Crippen LogP) is 2.53. The lowest BCUT2D eigenvalue weighted by Crippen LogP contribution is -2.36. The number of pyridine rings is 1. The lowest BCUT2D eigenvalue weighted by molar-refractivity contribution is -0.140. The maximum atomic E-state index is 13.4. The van der Waals surface area contributed by atoms with Crippen molar-refractivity contribution in [3.05, 3.63) is 44.7 Å². The highest BCUT2D eigenvalue weighted by atomic mass is 32.2. The third-order valence-electron chi connectivity index (χ3n) is 5.59. The minimum atomic E-state index is -1.15. The summed E-state index contributed by atoms with van der Waals surface area (Å²) in [5.41, 5.74) is 1.50. The number of carboxylic acid groups (broad SMARTS) is 1. The van der Waals surface area contributed by atoms with Gasteiger partial charge in [0.2, 0.25) is 0 Å². The SMILES string of the molecule is Cc1cccn2c(=O)c(/C=C3/SC(=S)N(CC(=O)O)C3=O)c(N3CCC(C)CC3)nc12. The zero-order chi connectivity index (χ0) is 22.3. The van der Waals surface area contributed by atoms with Crippen molar-refractivity contribution in [1.82, 2.24) is 14.3 Å². The third kappa shape index (κ3) is 4.09. The Morgan fingerprint density at radius 1 is 1.35 bits per heavy atom. The van der Waals surface area contributed by atoms with Gasteiger partial charge in [-0.05, 0) is 43.4 Å². The molecular formula is C21H22N4O4S2. The van der Waals surface area contributed by atoms with Crippen molar-refractivity contribution in [2.45, 2.75) is 26.7 Å². The number of aromatic nitrogens is 2. The fourth-order valence-corrected chi connectivity index (χ4v) is 5.03. The first kappa shape index (κ1) is 21.5. The molecule has 0 bridgehead atoms. The highest BCUT2D eigenvalue weighted by Gasteiger charge is 2.34. The molecular weight excluding hydrogens is 436 g/mol. The molecule has 4 heterocycles. The Labute approximate surface area is 188 Å². The van der Waals surface area contributed by atoms with Crippen molar-refractivity contribution < 1.29 is 14.7 Å². The molecule has 31 heavy (non-hydrogen) atoms. The van der Waals surface area contributed by atoms with Crippen LogP contribution in [-0.2, 0) is 9.59 Å². The minimum absolute atomic E-state index is 0.164. The average Bonchev–Trinajstić information content (AvgIpc) is 2.98. The van der Waals surface area contributed by atoms with Crippen molar-refractivity contribution in [2.75, 3.05) is 24.5 Å². The summed E-state index contributed by atoms with van der Waals surface area (Å²) < 4.78 is 1.64. The van der Waals surface area contributed by atoms with E-state index in [0.29, 0.717) is 22.9 Å². The fraction of sp³-hybridized carbons (Fsp3) is 0.381. The van der Waals surface area contributed by atoms with Crippen LogP contribution < -0.4 is 10.5 Å². The maximum absolute atomic E-state index is 13.4. The minimum Gasteiger partial charge on any atom is -0.480 e. The molecule has 2 aromatic rings. The number of rotatable bonds is 4. The van der Waals surface area contributed by atoms with Crippen LogP contribution in [0.25, 0.3) is 11.7 Å². The number of aliphatic carboxylic acids is 1. The number of carbonyl (C=O) groups excluding carboxylic acids is 1. The average molecular weight is 459 g/mol. The Morgan fingerprint density at radius 3 is 2.74 bits per heavy atom. The van der Waals surface area contributed by atoms with Crippen LogP contribution >= 0.6 is 24.0 Å². The summed E-state index contributed by atoms with van der Waals surface area (Å²) in [6, 6.07) is 3.68. The Kier molecular flexibility index (Phi) is 5.85. The van der Waals surface area contributed by atoms with E-state index in [-0.39, 0.29) is 14.8 Å². The molecule has 8 nitrogen and oxygen atoms in total. The van der Waals surface area contributed by atoms with Gasteiger partial charge in [0, 0.05) is 19.3 Å². The van der Waals surface area contributed by atoms with E-state index >= 15 is 0 Å². The van der Waals surface area contributed by atoms with Crippen molar-refractivity contribution in [3.8, 4) is 0 Å². The molecule has 0 aliphatic carbocycles. The quantitative estimate of drug-likeness (QED) is 0.552. The molecule has 0 unspecified atom stereocenters. The van der Waals surface area contributed by atoms with Crippen molar-refractivity contribution in [2.24, 2.45) is 5.92 Å². The first-order valence-corrected chi connectivity index (χ1v) is 11.2. The largest absolute Gasteiger partial charge is 0.480 e. The van der Waals surface area contributed by atoms with Crippen molar-refractivity contribution >= 4 is 57.7 Å². The van der Waals surface area contributed by atoms with Gasteiger partial charge in [-0.1, -0.05) is 37.0 Å². The van der Waals surface area contributed by atoms with Crippen LogP contribution in [0.15, 0.2) is 28.0 Å². The summed E-state index contributed by atoms with van der Waals surface area (Å²) in [6.07, 6.45) is 5.16. The molecule has 4 rings (SSSR count). The third-order valence-corrected chi connectivity index (χ3v) is 6.97. The zero-order valence-corrected chi connectivity index (χ0v) is 18.8. The normalized spacial score (nSPS) is 19.1. The van der Waals surface area contributed by atoms with Crippen molar-refractivity contribution in [3.63, 3.8) is 0 Å². The van der Waals surface area contributed by atoms with E-state index in [1.807, 2.05) is 13.0 Å². The lowest BCUT2D eigenvalue weighted by atomic mass is 9.99. The molecule has 0 saturated carbocycles. The van der Waals surface area contributed by atoms with Crippen LogP contribution in [0.5, 0.6) is 0 Å². The molecule has 2 fully saturated rings. The Bertz CT molecular complexity index is 1180. The smallest absolute Gasteiger partial charge is 0.323 e. The van der Waals surface area contributed by atoms with Gasteiger partial charge < -0.3 is 10.0 Å². The molecule has 2 aliphatic rings. The molecule has 10 heteroatoms. The standard InChI is InChI=1S/C21H22N4O4S2/c1-12-5-8-23(9-6-12)18-14(19(28)24-7-3-4-13(2)17(24)22-18)10-15-20(29)25(11-16(26)27)21(30)31-15/h3-4,7,10,12H,5-6,8-9,11H2,1-2H3,(H,26,27)/b15-10+. The number of anilines is 1. The molecule has 2 saturated heterocycles. The molecule has 2 aromatic heterocycles. The molecule has 0 radical (unpaired) electrons. The molecule has 1 N–H and O–H groups in total. The molecule has 0 atom stereocenters. The van der Waals surface area contributed by atoms with Gasteiger partial charge in [0.15, 0.2) is 0 Å². The topological polar surface area (TPSA) is 95.2 Å². The molecule has 0 spiro atoms. The summed E-state index contributed by atoms with van der Waals surface area (Å²) in [4.78, 5) is 45.4. The second kappa shape index (κ2) is 8.43. The highest BCUT2D eigenvalue weighted by molar-refractivity contribution is 8.26. The molecule has 1 amide bonds. The number of aryl methyl sites for hydroxylation is 1. The highest BCUT2D eigenvalue weighted by Crippen LogP contribution is 2.34. The molecule has 2 aliphatic heterocycles. The summed E-state index contributed by atoms with van der Waals surface area (Å²) in [7, 11) is 0. The Morgan fingerprint density at radius 2 is 2.06 bits per heavy atom. The number of carbonyl (C=O) groups is 2. The number of hydrogen-bond donors (Lipinski definition) is 1. The number of thioether (sulfide) groups is 1. The predicted molar refractivity (Wildman–Crippen MR) is 124 cm³/mol. The number of piperidine rings is 1. The monoisotopic (exact) mass is 458 g/mol. The summed E-state index contributed by atoms with van der Waals surface area (Å²) >= 11 is 6.18. The van der Waals surface area contributed by atoms with Gasteiger partial charge >= 0.3 is 5.97 Å². The van der Waals surface area contributed by atoms with Crippen LogP contribution in [0.3, 0.4) is 0 Å². The van der Waals surface area contributed by atoms with Crippen LogP contribution in [0.1, 0.15) is 30.9 Å². The van der Waals surface area contributed by atoms with Gasteiger partial charge in [-0.15, -0.1) is 0 Å². The molecule has 162 valence electrons. The Hall–Kier alpha value is -2.72. The summed E-state index contributed by atoms with van der Waals surface area (Å²) in [6.45, 7) is 5.15. The first-order chi connectivity index (χ1) is 14.8. The Balaban J connectivity index is 1.85. The number of thiocarbonyl (C=S) groups is 1. The van der Waals surface area contributed by atoms with Gasteiger partial charge in [-0.25, -0.2) is 4.98 Å². The van der Waals surface area contributed by atoms with Crippen LogP contribution in [0.2, 0.25) is 0 Å². The second-order valence-corrected chi connectivity index (χ2v) is 9.55. The second-order valence-electron chi connectivity index (χ2n) is 7.87. The van der Waals surface area contributed by atoms with E-state index in [9.17, 15) is 14.4 Å². The van der Waals surface area contributed by atoms with E-state index in [0.717, 1.165) is 48.2 Å². The first-order valence-electron chi connectivity index (χ1n) is 10.0. The van der Waals surface area contributed by atoms with Gasteiger partial charge in [-0.2, -0.15) is 0 Å². The summed E-state index contributed by atoms with van der Waals surface area (Å²) in [5, 5.41) is 9.06. The van der Waals surface area contributed by atoms with Crippen LogP contribution in [0, 0.1) is 12.8 Å². The van der Waals surface area contributed by atoms with Gasteiger partial charge in [0.25, 0.3) is 11.5 Å². The number of fused-ring (bicyclic) bond motifs is 1. The van der Waals surface area contributed by atoms with Crippen LogP contribution in [-0.4, -0.2) is 55.2 Å². The number of amides is 1.